The molecule has 2 amide bonds. The average Bonchev–Trinajstić information content (AvgIpc) is 2.99. The number of sulfonamides is 1. The summed E-state index contributed by atoms with van der Waals surface area (Å²) >= 11 is 9.67. The molecule has 0 heterocycles. The zero-order valence-electron chi connectivity index (χ0n) is 24.8. The predicted molar refractivity (Wildman–Crippen MR) is 179 cm³/mol. The smallest absolute Gasteiger partial charge is 0.264 e. The molecule has 0 aliphatic heterocycles. The van der Waals surface area contributed by atoms with Gasteiger partial charge in [-0.25, -0.2) is 8.42 Å². The molecule has 0 aliphatic carbocycles. The fourth-order valence-electron chi connectivity index (χ4n) is 4.85. The molecule has 0 spiro atoms. The van der Waals surface area contributed by atoms with Crippen LogP contribution in [-0.2, 0) is 32.6 Å². The Hall–Kier alpha value is -3.66. The highest BCUT2D eigenvalue weighted by molar-refractivity contribution is 9.10. The van der Waals surface area contributed by atoms with Crippen LogP contribution in [0.1, 0.15) is 30.5 Å². The van der Waals surface area contributed by atoms with Crippen molar-refractivity contribution in [2.24, 2.45) is 0 Å². The maximum absolute atomic E-state index is 14.5. The van der Waals surface area contributed by atoms with Crippen molar-refractivity contribution in [3.63, 3.8) is 0 Å². The Balaban J connectivity index is 1.82. The molecule has 4 rings (SSSR count). The third-order valence-electron chi connectivity index (χ3n) is 7.01. The fraction of sp³-hybridized carbons (Fsp3) is 0.235. The van der Waals surface area contributed by atoms with Gasteiger partial charge < -0.3 is 10.2 Å². The molecule has 0 unspecified atom stereocenters. The number of carbonyl (C=O) groups is 2. The number of carbonyl (C=O) groups excluding carboxylic acids is 2. The Bertz CT molecular complexity index is 1690. The average molecular weight is 697 g/mol. The van der Waals surface area contributed by atoms with Crippen LogP contribution in [0.5, 0.6) is 0 Å². The summed E-state index contributed by atoms with van der Waals surface area (Å²) in [5.74, 6) is -0.851. The van der Waals surface area contributed by atoms with Gasteiger partial charge in [-0.3, -0.25) is 13.9 Å². The quantitative estimate of drug-likeness (QED) is 0.177. The van der Waals surface area contributed by atoms with Crippen molar-refractivity contribution in [2.75, 3.05) is 10.8 Å². The number of amides is 2. The topological polar surface area (TPSA) is 86.8 Å². The van der Waals surface area contributed by atoms with Crippen LogP contribution in [0.2, 0.25) is 5.02 Å². The molecular formula is C34H35BrClN3O4S. The van der Waals surface area contributed by atoms with E-state index in [-0.39, 0.29) is 29.8 Å². The van der Waals surface area contributed by atoms with Crippen molar-refractivity contribution in [1.82, 2.24) is 10.2 Å². The van der Waals surface area contributed by atoms with Gasteiger partial charge in [-0.15, -0.1) is 0 Å². The molecule has 0 aliphatic rings. The molecule has 0 saturated carbocycles. The second-order valence-corrected chi connectivity index (χ2v) is 14.0. The first-order valence-electron chi connectivity index (χ1n) is 14.2. The lowest BCUT2D eigenvalue weighted by Crippen LogP contribution is -2.54. The lowest BCUT2D eigenvalue weighted by atomic mass is 10.0. The molecule has 230 valence electrons. The van der Waals surface area contributed by atoms with Gasteiger partial charge in [0.15, 0.2) is 0 Å². The van der Waals surface area contributed by atoms with Gasteiger partial charge in [-0.1, -0.05) is 88.2 Å². The van der Waals surface area contributed by atoms with E-state index in [1.54, 1.807) is 43.3 Å². The molecule has 0 bridgehead atoms. The van der Waals surface area contributed by atoms with Crippen molar-refractivity contribution in [1.29, 1.82) is 0 Å². The summed E-state index contributed by atoms with van der Waals surface area (Å²) in [5, 5.41) is 3.41. The molecule has 0 radical (unpaired) electrons. The summed E-state index contributed by atoms with van der Waals surface area (Å²) in [7, 11) is -4.18. The Morgan fingerprint density at radius 3 is 2.07 bits per heavy atom. The monoisotopic (exact) mass is 695 g/mol. The number of benzene rings is 4. The lowest BCUT2D eigenvalue weighted by Gasteiger charge is -2.34. The van der Waals surface area contributed by atoms with Gasteiger partial charge in [0.1, 0.15) is 12.6 Å². The molecule has 1 atom stereocenters. The van der Waals surface area contributed by atoms with E-state index >= 15 is 0 Å². The highest BCUT2D eigenvalue weighted by Crippen LogP contribution is 2.29. The number of anilines is 1. The largest absolute Gasteiger partial charge is 0.352 e. The van der Waals surface area contributed by atoms with Crippen LogP contribution in [0.15, 0.2) is 112 Å². The van der Waals surface area contributed by atoms with Crippen LogP contribution in [-0.4, -0.2) is 43.8 Å². The van der Waals surface area contributed by atoms with Crippen molar-refractivity contribution in [3.05, 3.63) is 129 Å². The van der Waals surface area contributed by atoms with E-state index in [9.17, 15) is 18.0 Å². The highest BCUT2D eigenvalue weighted by Gasteiger charge is 2.35. The standard InChI is InChI=1S/C34H35BrClN3O4S/c1-24(2)37-34(41)32(21-26-10-6-4-7-11-26)38(22-27-14-16-28(35)17-15-27)33(40)23-39(31-19-18-29(36)20-25(31)3)44(42,43)30-12-8-5-9-13-30/h4-20,24,32H,21-23H2,1-3H3,(H,37,41)/t32-/m0/s1. The molecule has 0 fully saturated rings. The van der Waals surface area contributed by atoms with E-state index in [2.05, 4.69) is 21.2 Å². The molecular weight excluding hydrogens is 662 g/mol. The SMILES string of the molecule is Cc1cc(Cl)ccc1N(CC(=O)N(Cc1ccc(Br)cc1)[C@@H](Cc1ccccc1)C(=O)NC(C)C)S(=O)(=O)c1ccccc1. The second kappa shape index (κ2) is 14.9. The summed E-state index contributed by atoms with van der Waals surface area (Å²) < 4.78 is 30.2. The Morgan fingerprint density at radius 1 is 0.864 bits per heavy atom. The lowest BCUT2D eigenvalue weighted by molar-refractivity contribution is -0.140. The van der Waals surface area contributed by atoms with Crippen molar-refractivity contribution in [3.8, 4) is 0 Å². The van der Waals surface area contributed by atoms with Gasteiger partial charge in [-0.05, 0) is 79.9 Å². The number of hydrogen-bond acceptors (Lipinski definition) is 4. The summed E-state index contributed by atoms with van der Waals surface area (Å²) in [6, 6.07) is 28.7. The van der Waals surface area contributed by atoms with Crippen molar-refractivity contribution >= 4 is 55.1 Å². The van der Waals surface area contributed by atoms with Crippen LogP contribution in [0.3, 0.4) is 0 Å². The van der Waals surface area contributed by atoms with Crippen LogP contribution in [0.25, 0.3) is 0 Å². The molecule has 0 saturated heterocycles. The third kappa shape index (κ3) is 8.49. The van der Waals surface area contributed by atoms with Gasteiger partial charge >= 0.3 is 0 Å². The zero-order valence-corrected chi connectivity index (χ0v) is 27.9. The predicted octanol–water partition coefficient (Wildman–Crippen LogP) is 6.77. The fourth-order valence-corrected chi connectivity index (χ4v) is 6.84. The summed E-state index contributed by atoms with van der Waals surface area (Å²) in [4.78, 5) is 29.8. The molecule has 1 N–H and O–H groups in total. The Labute approximate surface area is 273 Å². The van der Waals surface area contributed by atoms with Crippen molar-refractivity contribution < 1.29 is 18.0 Å². The first-order valence-corrected chi connectivity index (χ1v) is 16.8. The molecule has 7 nitrogen and oxygen atoms in total. The Kier molecular flexibility index (Phi) is 11.2. The van der Waals surface area contributed by atoms with Crippen LogP contribution < -0.4 is 9.62 Å². The zero-order chi connectivity index (χ0) is 31.9. The van der Waals surface area contributed by atoms with Crippen LogP contribution in [0, 0.1) is 6.92 Å². The highest BCUT2D eigenvalue weighted by atomic mass is 79.9. The van der Waals surface area contributed by atoms with Gasteiger partial charge in [0.05, 0.1) is 10.6 Å². The molecule has 0 aromatic heterocycles. The maximum Gasteiger partial charge on any atom is 0.264 e. The van der Waals surface area contributed by atoms with Crippen LogP contribution >= 0.6 is 27.5 Å². The number of nitrogens with zero attached hydrogens (tertiary/aromatic N) is 2. The summed E-state index contributed by atoms with van der Waals surface area (Å²) in [6.07, 6.45) is 0.243. The second-order valence-electron chi connectivity index (χ2n) is 10.8. The van der Waals surface area contributed by atoms with E-state index in [1.807, 2.05) is 68.4 Å². The van der Waals surface area contributed by atoms with E-state index in [4.69, 9.17) is 11.6 Å². The first-order chi connectivity index (χ1) is 21.0. The summed E-state index contributed by atoms with van der Waals surface area (Å²) in [6.45, 7) is 5.02. The molecule has 4 aromatic rings. The first kappa shape index (κ1) is 33.2. The Morgan fingerprint density at radius 2 is 1.48 bits per heavy atom. The summed E-state index contributed by atoms with van der Waals surface area (Å²) in [5.41, 5.74) is 2.56. The minimum Gasteiger partial charge on any atom is -0.352 e. The molecule has 10 heteroatoms. The van der Waals surface area contributed by atoms with Gasteiger partial charge in [0.2, 0.25) is 11.8 Å². The van der Waals surface area contributed by atoms with Gasteiger partial charge in [-0.2, -0.15) is 0 Å². The number of hydrogen-bond donors (Lipinski definition) is 1. The van der Waals surface area contributed by atoms with Gasteiger partial charge in [0, 0.05) is 28.5 Å². The number of aryl methyl sites for hydroxylation is 1. The third-order valence-corrected chi connectivity index (χ3v) is 9.54. The minimum absolute atomic E-state index is 0.0417. The number of halogens is 2. The maximum atomic E-state index is 14.5. The normalized spacial score (nSPS) is 12.0. The van der Waals surface area contributed by atoms with Crippen molar-refractivity contribution in [2.45, 2.75) is 50.7 Å². The minimum atomic E-state index is -4.18. The van der Waals surface area contributed by atoms with Crippen LogP contribution in [0.4, 0.5) is 5.69 Å². The molecule has 44 heavy (non-hydrogen) atoms. The van der Waals surface area contributed by atoms with Gasteiger partial charge in [0.25, 0.3) is 10.0 Å². The molecule has 4 aromatic carbocycles. The van der Waals surface area contributed by atoms with E-state index < -0.39 is 28.5 Å². The number of rotatable bonds is 12. The van der Waals surface area contributed by atoms with E-state index in [1.165, 1.54) is 17.0 Å². The van der Waals surface area contributed by atoms with E-state index in [0.29, 0.717) is 16.3 Å². The van der Waals surface area contributed by atoms with E-state index in [0.717, 1.165) is 19.9 Å². The number of nitrogens with one attached hydrogen (secondary N) is 1.